The number of hydrogen-bond donors (Lipinski definition) is 0. The lowest BCUT2D eigenvalue weighted by atomic mass is 9.98. The van der Waals surface area contributed by atoms with Gasteiger partial charge in [-0.1, -0.05) is 42.5 Å². The first-order chi connectivity index (χ1) is 14.6. The third kappa shape index (κ3) is 3.37. The van der Waals surface area contributed by atoms with Gasteiger partial charge in [0.25, 0.3) is 0 Å². The molecule has 0 bridgehead atoms. The number of benzene rings is 3. The summed E-state index contributed by atoms with van der Waals surface area (Å²) >= 11 is 0. The highest BCUT2D eigenvalue weighted by atomic mass is 19.1. The molecule has 0 fully saturated rings. The van der Waals surface area contributed by atoms with Crippen molar-refractivity contribution in [3.63, 3.8) is 0 Å². The topological polar surface area (TPSA) is 38.8 Å². The van der Waals surface area contributed by atoms with Gasteiger partial charge in [0, 0.05) is 13.1 Å². The Morgan fingerprint density at radius 3 is 2.63 bits per heavy atom. The van der Waals surface area contributed by atoms with E-state index in [4.69, 9.17) is 9.47 Å². The van der Waals surface area contributed by atoms with Gasteiger partial charge in [0.1, 0.15) is 24.0 Å². The van der Waals surface area contributed by atoms with Crippen LogP contribution in [0.5, 0.6) is 11.5 Å². The normalized spacial score (nSPS) is 16.7. The molecule has 0 atom stereocenters. The Labute approximate surface area is 174 Å². The first-order valence-electron chi connectivity index (χ1n) is 9.84. The van der Waals surface area contributed by atoms with Gasteiger partial charge in [-0.25, -0.2) is 4.39 Å². The second-order valence-corrected chi connectivity index (χ2v) is 7.61. The first-order valence-corrected chi connectivity index (χ1v) is 9.84. The van der Waals surface area contributed by atoms with Crippen LogP contribution in [0.4, 0.5) is 4.39 Å². The van der Waals surface area contributed by atoms with Crippen LogP contribution in [0.1, 0.15) is 32.6 Å². The number of rotatable bonds is 3. The second kappa shape index (κ2) is 7.43. The van der Waals surface area contributed by atoms with Crippen LogP contribution in [0.3, 0.4) is 0 Å². The van der Waals surface area contributed by atoms with Crippen LogP contribution < -0.4 is 9.47 Å². The summed E-state index contributed by atoms with van der Waals surface area (Å²) in [5.41, 5.74) is 4.22. The molecule has 3 aromatic carbocycles. The van der Waals surface area contributed by atoms with Gasteiger partial charge in [0.15, 0.2) is 5.76 Å². The fraction of sp³-hybridized carbons (Fsp3) is 0.160. The molecule has 30 heavy (non-hydrogen) atoms. The Morgan fingerprint density at radius 2 is 1.87 bits per heavy atom. The van der Waals surface area contributed by atoms with Crippen LogP contribution in [-0.2, 0) is 13.1 Å². The number of hydrogen-bond acceptors (Lipinski definition) is 4. The molecular weight excluding hydrogens is 381 g/mol. The van der Waals surface area contributed by atoms with Gasteiger partial charge in [-0.2, -0.15) is 0 Å². The van der Waals surface area contributed by atoms with Crippen LogP contribution in [0.2, 0.25) is 0 Å². The molecule has 2 heterocycles. The minimum atomic E-state index is -0.253. The van der Waals surface area contributed by atoms with E-state index in [2.05, 4.69) is 4.90 Å². The number of aryl methyl sites for hydroxylation is 1. The third-order valence-electron chi connectivity index (χ3n) is 5.40. The van der Waals surface area contributed by atoms with Crippen LogP contribution in [0, 0.1) is 12.7 Å². The number of Topliss-reactive ketones (excluding diaryl/α,β-unsaturated/α-hetero) is 1. The molecule has 2 aliphatic rings. The van der Waals surface area contributed by atoms with Crippen LogP contribution in [0.15, 0.2) is 66.4 Å². The molecular formula is C25H20FNO3. The zero-order valence-electron chi connectivity index (χ0n) is 16.5. The van der Waals surface area contributed by atoms with E-state index in [1.807, 2.05) is 43.3 Å². The molecule has 2 aliphatic heterocycles. The van der Waals surface area contributed by atoms with Gasteiger partial charge in [-0.15, -0.1) is 0 Å². The zero-order valence-corrected chi connectivity index (χ0v) is 16.5. The lowest BCUT2D eigenvalue weighted by Gasteiger charge is -2.30. The molecule has 0 spiro atoms. The second-order valence-electron chi connectivity index (χ2n) is 7.61. The van der Waals surface area contributed by atoms with Crippen molar-refractivity contribution in [2.75, 3.05) is 6.73 Å². The first kappa shape index (κ1) is 18.6. The molecule has 150 valence electrons. The maximum Gasteiger partial charge on any atom is 0.232 e. The van der Waals surface area contributed by atoms with Crippen LogP contribution in [-0.4, -0.2) is 17.4 Å². The molecule has 0 amide bonds. The number of halogens is 1. The molecule has 4 nitrogen and oxygen atoms in total. The van der Waals surface area contributed by atoms with E-state index in [1.165, 1.54) is 12.1 Å². The minimum absolute atomic E-state index is 0.107. The quantitative estimate of drug-likeness (QED) is 0.572. The summed E-state index contributed by atoms with van der Waals surface area (Å²) in [5, 5.41) is 0. The van der Waals surface area contributed by atoms with E-state index in [-0.39, 0.29) is 11.6 Å². The predicted octanol–water partition coefficient (Wildman–Crippen LogP) is 5.10. The highest BCUT2D eigenvalue weighted by molar-refractivity contribution is 6.15. The van der Waals surface area contributed by atoms with Crippen molar-refractivity contribution >= 4 is 11.9 Å². The average Bonchev–Trinajstić information content (AvgIpc) is 3.08. The van der Waals surface area contributed by atoms with E-state index in [9.17, 15) is 9.18 Å². The van der Waals surface area contributed by atoms with Crippen molar-refractivity contribution in [3.8, 4) is 11.5 Å². The number of ether oxygens (including phenoxy) is 2. The van der Waals surface area contributed by atoms with Crippen molar-refractivity contribution < 1.29 is 18.7 Å². The van der Waals surface area contributed by atoms with E-state index in [0.29, 0.717) is 36.9 Å². The fourth-order valence-corrected chi connectivity index (χ4v) is 3.93. The highest BCUT2D eigenvalue weighted by Gasteiger charge is 2.35. The van der Waals surface area contributed by atoms with Crippen molar-refractivity contribution in [2.24, 2.45) is 0 Å². The average molecular weight is 401 g/mol. The van der Waals surface area contributed by atoms with Crippen molar-refractivity contribution in [1.29, 1.82) is 0 Å². The van der Waals surface area contributed by atoms with Crippen LogP contribution >= 0.6 is 0 Å². The largest absolute Gasteiger partial charge is 0.478 e. The van der Waals surface area contributed by atoms with E-state index < -0.39 is 0 Å². The van der Waals surface area contributed by atoms with E-state index >= 15 is 0 Å². The number of nitrogens with zero attached hydrogens (tertiary/aromatic N) is 1. The molecule has 0 saturated carbocycles. The van der Waals surface area contributed by atoms with Crippen molar-refractivity contribution in [3.05, 3.63) is 100 Å². The van der Waals surface area contributed by atoms with Crippen LogP contribution in [0.25, 0.3) is 6.08 Å². The van der Waals surface area contributed by atoms with Gasteiger partial charge in [-0.3, -0.25) is 9.69 Å². The summed E-state index contributed by atoms with van der Waals surface area (Å²) in [5.74, 6) is 1.29. The summed E-state index contributed by atoms with van der Waals surface area (Å²) in [6.45, 7) is 3.52. The molecule has 0 saturated heterocycles. The molecule has 3 aromatic rings. The minimum Gasteiger partial charge on any atom is -0.478 e. The van der Waals surface area contributed by atoms with Gasteiger partial charge < -0.3 is 9.47 Å². The highest BCUT2D eigenvalue weighted by Crippen LogP contribution is 2.44. The standard InChI is InChI=1S/C25H20FNO3/c1-16-11-21-20(14-27(15-29-21)13-18-7-9-19(26)10-8-18)25-23(16)24(28)22(30-25)12-17-5-3-2-4-6-17/h2-12H,13-15H2,1H3/b22-12-. The lowest BCUT2D eigenvalue weighted by molar-refractivity contribution is 0.0872. The van der Waals surface area contributed by atoms with E-state index in [1.54, 1.807) is 18.2 Å². The summed E-state index contributed by atoms with van der Waals surface area (Å²) < 4.78 is 25.2. The Hall–Kier alpha value is -3.44. The van der Waals surface area contributed by atoms with E-state index in [0.717, 1.165) is 28.0 Å². The molecule has 0 aromatic heterocycles. The number of allylic oxidation sites excluding steroid dienone is 1. The van der Waals surface area contributed by atoms with Gasteiger partial charge >= 0.3 is 0 Å². The molecule has 0 radical (unpaired) electrons. The number of carbonyl (C=O) groups excluding carboxylic acids is 1. The summed E-state index contributed by atoms with van der Waals surface area (Å²) in [6.07, 6.45) is 1.77. The fourth-order valence-electron chi connectivity index (χ4n) is 3.93. The van der Waals surface area contributed by atoms with Gasteiger partial charge in [-0.05, 0) is 47.9 Å². The zero-order chi connectivity index (χ0) is 20.7. The number of fused-ring (bicyclic) bond motifs is 3. The maximum atomic E-state index is 13.2. The Kier molecular flexibility index (Phi) is 4.60. The molecule has 0 aliphatic carbocycles. The molecule has 0 unspecified atom stereocenters. The molecule has 5 heteroatoms. The number of ketones is 1. The summed E-state index contributed by atoms with van der Waals surface area (Å²) in [7, 11) is 0. The lowest BCUT2D eigenvalue weighted by Crippen LogP contribution is -2.31. The Balaban J connectivity index is 1.46. The molecule has 0 N–H and O–H groups in total. The van der Waals surface area contributed by atoms with Crippen molar-refractivity contribution in [2.45, 2.75) is 20.0 Å². The summed E-state index contributed by atoms with van der Waals surface area (Å²) in [6, 6.07) is 18.0. The maximum absolute atomic E-state index is 13.2. The Morgan fingerprint density at radius 1 is 1.10 bits per heavy atom. The third-order valence-corrected chi connectivity index (χ3v) is 5.40. The monoisotopic (exact) mass is 401 g/mol. The van der Waals surface area contributed by atoms with Gasteiger partial charge in [0.2, 0.25) is 5.78 Å². The van der Waals surface area contributed by atoms with Crippen molar-refractivity contribution in [1.82, 2.24) is 4.90 Å². The summed E-state index contributed by atoms with van der Waals surface area (Å²) in [4.78, 5) is 15.1. The number of carbonyl (C=O) groups is 1. The molecule has 5 rings (SSSR count). The smallest absolute Gasteiger partial charge is 0.232 e. The predicted molar refractivity (Wildman–Crippen MR) is 112 cm³/mol. The SMILES string of the molecule is Cc1cc2c(c3c1C(=O)/C(=C/c1ccccc1)O3)CN(Cc1ccc(F)cc1)CO2. The van der Waals surface area contributed by atoms with Gasteiger partial charge in [0.05, 0.1) is 11.1 Å². The Bertz CT molecular complexity index is 1150.